The average molecular weight is 500 g/mol. The van der Waals surface area contributed by atoms with Crippen LogP contribution in [-0.4, -0.2) is 27.1 Å². The lowest BCUT2D eigenvalue weighted by Crippen LogP contribution is -2.15. The van der Waals surface area contributed by atoms with Crippen molar-refractivity contribution in [2.75, 3.05) is 7.11 Å². The highest BCUT2D eigenvalue weighted by molar-refractivity contribution is 7.80. The standard InChI is InChI=1S/C21H11ClF5N3O2S/c1-31-20(33)16-17(15-13(22)6-3-7-14(15)24)29-32-18(16)12-9-28-30(19(12)21(25,26)27)11-5-2-4-10(23)8-11/h2-9H,1H3. The van der Waals surface area contributed by atoms with Crippen LogP contribution in [0.1, 0.15) is 11.3 Å². The number of hydrogen-bond donors (Lipinski definition) is 0. The molecule has 0 bridgehead atoms. The fourth-order valence-corrected chi connectivity index (χ4v) is 3.69. The highest BCUT2D eigenvalue weighted by Gasteiger charge is 2.41. The molecule has 0 aliphatic rings. The van der Waals surface area contributed by atoms with Crippen LogP contribution in [0.25, 0.3) is 28.3 Å². The Balaban J connectivity index is 2.01. The summed E-state index contributed by atoms with van der Waals surface area (Å²) in [5, 5.41) is 7.13. The average Bonchev–Trinajstić information content (AvgIpc) is 3.37. The van der Waals surface area contributed by atoms with Gasteiger partial charge in [-0.2, -0.15) is 18.3 Å². The SMILES string of the molecule is COC(=S)c1c(-c2c(F)cccc2Cl)noc1-c1cnn(-c2cccc(F)c2)c1C(F)(F)F. The molecule has 0 saturated heterocycles. The van der Waals surface area contributed by atoms with Gasteiger partial charge < -0.3 is 9.26 Å². The molecule has 5 nitrogen and oxygen atoms in total. The van der Waals surface area contributed by atoms with Gasteiger partial charge in [0.05, 0.1) is 35.1 Å². The number of hydrogen-bond acceptors (Lipinski definition) is 5. The monoisotopic (exact) mass is 499 g/mol. The maximum absolute atomic E-state index is 14.5. The molecule has 0 aliphatic carbocycles. The van der Waals surface area contributed by atoms with Gasteiger partial charge in [0, 0.05) is 0 Å². The number of benzene rings is 2. The van der Waals surface area contributed by atoms with Crippen LogP contribution in [0, 0.1) is 11.6 Å². The molecule has 170 valence electrons. The van der Waals surface area contributed by atoms with Crippen molar-refractivity contribution >= 4 is 28.9 Å². The zero-order valence-electron chi connectivity index (χ0n) is 16.5. The van der Waals surface area contributed by atoms with Gasteiger partial charge >= 0.3 is 6.18 Å². The maximum atomic E-state index is 14.5. The second-order valence-corrected chi connectivity index (χ2v) is 7.40. The van der Waals surface area contributed by atoms with Crippen LogP contribution in [0.4, 0.5) is 22.0 Å². The van der Waals surface area contributed by atoms with E-state index in [4.69, 9.17) is 33.1 Å². The first-order valence-corrected chi connectivity index (χ1v) is 9.86. The summed E-state index contributed by atoms with van der Waals surface area (Å²) in [6.07, 6.45) is -4.09. The molecule has 12 heteroatoms. The first-order valence-electron chi connectivity index (χ1n) is 9.07. The van der Waals surface area contributed by atoms with Crippen molar-refractivity contribution in [3.63, 3.8) is 0 Å². The summed E-state index contributed by atoms with van der Waals surface area (Å²) in [5.74, 6) is -2.02. The van der Waals surface area contributed by atoms with E-state index in [-0.39, 0.29) is 32.6 Å². The summed E-state index contributed by atoms with van der Waals surface area (Å²) in [5.41, 5.74) is -2.71. The lowest BCUT2D eigenvalue weighted by atomic mass is 10.0. The Hall–Kier alpha value is -3.31. The molecular weight excluding hydrogens is 489 g/mol. The fraction of sp³-hybridized carbons (Fsp3) is 0.0952. The second-order valence-electron chi connectivity index (χ2n) is 6.62. The van der Waals surface area contributed by atoms with Crippen molar-refractivity contribution in [3.05, 3.63) is 76.6 Å². The molecule has 0 radical (unpaired) electrons. The van der Waals surface area contributed by atoms with E-state index in [0.29, 0.717) is 4.68 Å². The van der Waals surface area contributed by atoms with Crippen LogP contribution in [0.5, 0.6) is 0 Å². The third-order valence-corrected chi connectivity index (χ3v) is 5.30. The second kappa shape index (κ2) is 8.56. The number of thiocarbonyl (C=S) groups is 1. The zero-order valence-corrected chi connectivity index (χ0v) is 18.0. The van der Waals surface area contributed by atoms with E-state index in [1.165, 1.54) is 31.4 Å². The van der Waals surface area contributed by atoms with E-state index in [1.54, 1.807) is 0 Å². The van der Waals surface area contributed by atoms with E-state index >= 15 is 0 Å². The fourth-order valence-electron chi connectivity index (χ4n) is 3.25. The van der Waals surface area contributed by atoms with Gasteiger partial charge in [0.1, 0.15) is 22.9 Å². The van der Waals surface area contributed by atoms with Gasteiger partial charge in [-0.3, -0.25) is 0 Å². The van der Waals surface area contributed by atoms with Gasteiger partial charge in [-0.15, -0.1) is 0 Å². The van der Waals surface area contributed by atoms with Gasteiger partial charge in [-0.05, 0) is 42.5 Å². The number of ether oxygens (including phenoxy) is 1. The van der Waals surface area contributed by atoms with E-state index in [2.05, 4.69) is 10.3 Å². The van der Waals surface area contributed by atoms with Crippen LogP contribution in [-0.2, 0) is 10.9 Å². The first kappa shape index (κ1) is 22.9. The Morgan fingerprint density at radius 2 is 1.88 bits per heavy atom. The summed E-state index contributed by atoms with van der Waals surface area (Å²) in [4.78, 5) is 0. The number of halogens is 6. The molecule has 4 rings (SSSR count). The van der Waals surface area contributed by atoms with Crippen molar-refractivity contribution in [2.45, 2.75) is 6.18 Å². The Morgan fingerprint density at radius 3 is 2.52 bits per heavy atom. The molecule has 0 aliphatic heterocycles. The maximum Gasteiger partial charge on any atom is 0.434 e. The van der Waals surface area contributed by atoms with Gasteiger partial charge in [0.25, 0.3) is 0 Å². The smallest absolute Gasteiger partial charge is 0.434 e. The Bertz CT molecular complexity index is 1350. The molecule has 0 amide bonds. The van der Waals surface area contributed by atoms with Gasteiger partial charge in [-0.1, -0.05) is 28.9 Å². The summed E-state index contributed by atoms with van der Waals surface area (Å²) in [6.45, 7) is 0. The highest BCUT2D eigenvalue weighted by atomic mass is 35.5. The Morgan fingerprint density at radius 1 is 1.15 bits per heavy atom. The van der Waals surface area contributed by atoms with Gasteiger partial charge in [0.2, 0.25) is 0 Å². The summed E-state index contributed by atoms with van der Waals surface area (Å²) < 4.78 is 81.3. The molecule has 4 aromatic rings. The van der Waals surface area contributed by atoms with Crippen LogP contribution in [0.15, 0.2) is 53.2 Å². The number of alkyl halides is 3. The van der Waals surface area contributed by atoms with Crippen molar-refractivity contribution < 1.29 is 31.2 Å². The predicted octanol–water partition coefficient (Wildman–Crippen LogP) is 6.47. The minimum absolute atomic E-state index is 0.0681. The van der Waals surface area contributed by atoms with E-state index in [9.17, 15) is 22.0 Å². The molecule has 0 fully saturated rings. The zero-order chi connectivity index (χ0) is 23.9. The largest absolute Gasteiger partial charge is 0.486 e. The predicted molar refractivity (Wildman–Crippen MR) is 113 cm³/mol. The summed E-state index contributed by atoms with van der Waals surface area (Å²) >= 11 is 11.2. The summed E-state index contributed by atoms with van der Waals surface area (Å²) in [7, 11) is 1.19. The molecule has 0 atom stereocenters. The molecule has 2 aromatic heterocycles. The van der Waals surface area contributed by atoms with Crippen molar-refractivity contribution in [3.8, 4) is 28.3 Å². The first-order chi connectivity index (χ1) is 15.6. The Kier molecular flexibility index (Phi) is 5.93. The lowest BCUT2D eigenvalue weighted by molar-refractivity contribution is -0.142. The van der Waals surface area contributed by atoms with E-state index in [0.717, 1.165) is 24.4 Å². The molecular formula is C21H11ClF5N3O2S. The van der Waals surface area contributed by atoms with E-state index < -0.39 is 34.8 Å². The minimum atomic E-state index is -4.95. The van der Waals surface area contributed by atoms with E-state index in [1.807, 2.05) is 0 Å². The molecule has 0 saturated carbocycles. The molecule has 33 heavy (non-hydrogen) atoms. The third kappa shape index (κ3) is 4.09. The van der Waals surface area contributed by atoms with Gasteiger partial charge in [0.15, 0.2) is 16.5 Å². The summed E-state index contributed by atoms with van der Waals surface area (Å²) in [6, 6.07) is 8.27. The highest BCUT2D eigenvalue weighted by Crippen LogP contribution is 2.43. The minimum Gasteiger partial charge on any atom is -0.486 e. The van der Waals surface area contributed by atoms with Crippen molar-refractivity contribution in [2.24, 2.45) is 0 Å². The molecule has 0 spiro atoms. The normalized spacial score (nSPS) is 11.6. The number of nitrogens with zero attached hydrogens (tertiary/aromatic N) is 3. The van der Waals surface area contributed by atoms with Crippen LogP contribution < -0.4 is 0 Å². The number of aromatic nitrogens is 3. The molecule has 2 aromatic carbocycles. The quantitative estimate of drug-likeness (QED) is 0.238. The van der Waals surface area contributed by atoms with Crippen LogP contribution >= 0.6 is 23.8 Å². The van der Waals surface area contributed by atoms with Crippen LogP contribution in [0.2, 0.25) is 5.02 Å². The van der Waals surface area contributed by atoms with Crippen LogP contribution in [0.3, 0.4) is 0 Å². The lowest BCUT2D eigenvalue weighted by Gasteiger charge is -2.13. The molecule has 2 heterocycles. The third-order valence-electron chi connectivity index (χ3n) is 4.62. The molecule has 0 unspecified atom stereocenters. The van der Waals surface area contributed by atoms with Crippen molar-refractivity contribution in [1.29, 1.82) is 0 Å². The topological polar surface area (TPSA) is 53.1 Å². The van der Waals surface area contributed by atoms with Crippen molar-refractivity contribution in [1.82, 2.24) is 14.9 Å². The number of rotatable bonds is 4. The molecule has 0 N–H and O–H groups in total. The Labute approximate surface area is 193 Å². The van der Waals surface area contributed by atoms with Gasteiger partial charge in [-0.25, -0.2) is 13.5 Å². The number of methoxy groups -OCH3 is 1.